The van der Waals surface area contributed by atoms with Gasteiger partial charge in [0.05, 0.1) is 11.4 Å². The molecular weight excluding hydrogens is 202 g/mol. The van der Waals surface area contributed by atoms with Gasteiger partial charge in [-0.25, -0.2) is 0 Å². The van der Waals surface area contributed by atoms with Gasteiger partial charge in [-0.15, -0.1) is 0 Å². The first-order valence-corrected chi connectivity index (χ1v) is 4.99. The molecule has 1 aromatic heterocycles. The van der Waals surface area contributed by atoms with Crippen molar-refractivity contribution in [3.63, 3.8) is 0 Å². The number of aromatic nitrogens is 2. The summed E-state index contributed by atoms with van der Waals surface area (Å²) in [6, 6.07) is 9.20. The summed E-state index contributed by atoms with van der Waals surface area (Å²) in [5.41, 5.74) is 8.62. The minimum absolute atomic E-state index is 0.416. The van der Waals surface area contributed by atoms with E-state index < -0.39 is 5.91 Å². The zero-order chi connectivity index (χ0) is 11.7. The fraction of sp³-hybridized carbons (Fsp3) is 0.167. The molecular formula is C12H13N3O. The Morgan fingerprint density at radius 2 is 2.12 bits per heavy atom. The second-order valence-electron chi connectivity index (χ2n) is 3.74. The Kier molecular flexibility index (Phi) is 2.48. The molecule has 0 saturated heterocycles. The third kappa shape index (κ3) is 1.82. The number of benzene rings is 1. The molecule has 2 rings (SSSR count). The first-order valence-electron chi connectivity index (χ1n) is 4.99. The largest absolute Gasteiger partial charge is 0.366 e. The number of aryl methyl sites for hydroxylation is 2. The molecule has 0 radical (unpaired) electrons. The van der Waals surface area contributed by atoms with E-state index in [4.69, 9.17) is 5.73 Å². The quantitative estimate of drug-likeness (QED) is 0.825. The number of rotatable bonds is 2. The van der Waals surface area contributed by atoms with Crippen LogP contribution in [0.2, 0.25) is 0 Å². The average Bonchev–Trinajstić information content (AvgIpc) is 2.58. The van der Waals surface area contributed by atoms with Crippen molar-refractivity contribution in [3.8, 4) is 11.3 Å². The lowest BCUT2D eigenvalue weighted by Gasteiger charge is -2.03. The highest BCUT2D eigenvalue weighted by molar-refractivity contribution is 5.94. The summed E-state index contributed by atoms with van der Waals surface area (Å²) in [6.07, 6.45) is 0. The monoisotopic (exact) mass is 215 g/mol. The third-order valence-electron chi connectivity index (χ3n) is 2.44. The van der Waals surface area contributed by atoms with Gasteiger partial charge in [-0.05, 0) is 25.1 Å². The lowest BCUT2D eigenvalue weighted by atomic mass is 10.1. The number of carbonyl (C=O) groups is 1. The van der Waals surface area contributed by atoms with Crippen LogP contribution in [-0.4, -0.2) is 15.7 Å². The molecule has 16 heavy (non-hydrogen) atoms. The Balaban J connectivity index is 2.52. The van der Waals surface area contributed by atoms with E-state index in [2.05, 4.69) is 5.10 Å². The molecule has 0 unspecified atom stereocenters. The fourth-order valence-corrected chi connectivity index (χ4v) is 1.71. The van der Waals surface area contributed by atoms with Gasteiger partial charge in [0.2, 0.25) is 5.91 Å². The van der Waals surface area contributed by atoms with Gasteiger partial charge >= 0.3 is 0 Å². The normalized spacial score (nSPS) is 10.4. The van der Waals surface area contributed by atoms with Crippen molar-refractivity contribution in [2.45, 2.75) is 6.92 Å². The summed E-state index contributed by atoms with van der Waals surface area (Å²) >= 11 is 0. The maximum atomic E-state index is 11.1. The van der Waals surface area contributed by atoms with Crippen LogP contribution < -0.4 is 5.73 Å². The predicted molar refractivity (Wildman–Crippen MR) is 61.9 cm³/mol. The van der Waals surface area contributed by atoms with Gasteiger partial charge in [-0.1, -0.05) is 12.1 Å². The molecule has 0 fully saturated rings. The maximum Gasteiger partial charge on any atom is 0.248 e. The molecule has 4 nitrogen and oxygen atoms in total. The highest BCUT2D eigenvalue weighted by atomic mass is 16.1. The third-order valence-corrected chi connectivity index (χ3v) is 2.44. The molecule has 1 aromatic carbocycles. The number of carbonyl (C=O) groups excluding carboxylic acids is 1. The van der Waals surface area contributed by atoms with E-state index in [1.807, 2.05) is 32.2 Å². The van der Waals surface area contributed by atoms with E-state index in [1.165, 1.54) is 0 Å². The first kappa shape index (κ1) is 10.4. The van der Waals surface area contributed by atoms with Crippen molar-refractivity contribution < 1.29 is 4.79 Å². The summed E-state index contributed by atoms with van der Waals surface area (Å²) in [6.45, 7) is 1.93. The van der Waals surface area contributed by atoms with Crippen LogP contribution in [0.4, 0.5) is 0 Å². The maximum absolute atomic E-state index is 11.1. The van der Waals surface area contributed by atoms with Gasteiger partial charge in [-0.2, -0.15) is 5.10 Å². The van der Waals surface area contributed by atoms with Crippen LogP contribution in [-0.2, 0) is 7.05 Å². The SMILES string of the molecule is Cc1cc(-c2cccc(C(N)=O)c2)n(C)n1. The fourth-order valence-electron chi connectivity index (χ4n) is 1.71. The van der Waals surface area contributed by atoms with Crippen LogP contribution in [0.1, 0.15) is 16.1 Å². The Labute approximate surface area is 93.7 Å². The lowest BCUT2D eigenvalue weighted by Crippen LogP contribution is -2.10. The standard InChI is InChI=1S/C12H13N3O/c1-8-6-11(15(2)14-8)9-4-3-5-10(7-9)12(13)16/h3-7H,1-2H3,(H2,13,16). The Hall–Kier alpha value is -2.10. The summed E-state index contributed by atoms with van der Waals surface area (Å²) in [7, 11) is 1.87. The number of amides is 1. The van der Waals surface area contributed by atoms with Gasteiger partial charge in [0.1, 0.15) is 0 Å². The van der Waals surface area contributed by atoms with Gasteiger partial charge in [-0.3, -0.25) is 9.48 Å². The summed E-state index contributed by atoms with van der Waals surface area (Å²) in [4.78, 5) is 11.1. The van der Waals surface area contributed by atoms with Gasteiger partial charge in [0.25, 0.3) is 0 Å². The van der Waals surface area contributed by atoms with Crippen molar-refractivity contribution >= 4 is 5.91 Å². The highest BCUT2D eigenvalue weighted by Gasteiger charge is 2.07. The van der Waals surface area contributed by atoms with E-state index in [0.29, 0.717) is 5.56 Å². The van der Waals surface area contributed by atoms with Gasteiger partial charge in [0, 0.05) is 18.2 Å². The molecule has 0 bridgehead atoms. The second kappa shape index (κ2) is 3.81. The highest BCUT2D eigenvalue weighted by Crippen LogP contribution is 2.20. The second-order valence-corrected chi connectivity index (χ2v) is 3.74. The van der Waals surface area contributed by atoms with Crippen molar-refractivity contribution in [2.75, 3.05) is 0 Å². The van der Waals surface area contributed by atoms with Crippen LogP contribution >= 0.6 is 0 Å². The Morgan fingerprint density at radius 3 is 2.69 bits per heavy atom. The van der Waals surface area contributed by atoms with Crippen LogP contribution in [0, 0.1) is 6.92 Å². The van der Waals surface area contributed by atoms with E-state index in [9.17, 15) is 4.79 Å². The molecule has 1 amide bonds. The van der Waals surface area contributed by atoms with E-state index in [1.54, 1.807) is 16.8 Å². The molecule has 0 aliphatic carbocycles. The number of hydrogen-bond acceptors (Lipinski definition) is 2. The molecule has 4 heteroatoms. The summed E-state index contributed by atoms with van der Waals surface area (Å²) in [5, 5.41) is 4.26. The molecule has 0 aliphatic heterocycles. The predicted octanol–water partition coefficient (Wildman–Crippen LogP) is 1.49. The lowest BCUT2D eigenvalue weighted by molar-refractivity contribution is 0.100. The van der Waals surface area contributed by atoms with Crippen LogP contribution in [0.3, 0.4) is 0 Å². The van der Waals surface area contributed by atoms with Crippen molar-refractivity contribution in [1.29, 1.82) is 0 Å². The molecule has 0 aliphatic rings. The molecule has 0 saturated carbocycles. The number of primary amides is 1. The number of nitrogens with zero attached hydrogens (tertiary/aromatic N) is 2. The molecule has 0 atom stereocenters. The van der Waals surface area contributed by atoms with Crippen molar-refractivity contribution in [3.05, 3.63) is 41.6 Å². The molecule has 2 N–H and O–H groups in total. The average molecular weight is 215 g/mol. The van der Waals surface area contributed by atoms with Crippen LogP contribution in [0.15, 0.2) is 30.3 Å². The number of nitrogens with two attached hydrogens (primary N) is 1. The first-order chi connectivity index (χ1) is 7.58. The molecule has 1 heterocycles. The minimum Gasteiger partial charge on any atom is -0.366 e. The van der Waals surface area contributed by atoms with Gasteiger partial charge < -0.3 is 5.73 Å². The van der Waals surface area contributed by atoms with Crippen LogP contribution in [0.25, 0.3) is 11.3 Å². The Morgan fingerprint density at radius 1 is 1.38 bits per heavy atom. The topological polar surface area (TPSA) is 60.9 Å². The smallest absolute Gasteiger partial charge is 0.248 e. The Bertz CT molecular complexity index is 543. The minimum atomic E-state index is -0.416. The van der Waals surface area contributed by atoms with Crippen molar-refractivity contribution in [2.24, 2.45) is 12.8 Å². The summed E-state index contributed by atoms with van der Waals surface area (Å²) < 4.78 is 1.79. The van der Waals surface area contributed by atoms with E-state index in [0.717, 1.165) is 17.0 Å². The van der Waals surface area contributed by atoms with Gasteiger partial charge in [0.15, 0.2) is 0 Å². The molecule has 82 valence electrons. The summed E-state index contributed by atoms with van der Waals surface area (Å²) in [5.74, 6) is -0.416. The van der Waals surface area contributed by atoms with E-state index >= 15 is 0 Å². The van der Waals surface area contributed by atoms with Crippen LogP contribution in [0.5, 0.6) is 0 Å². The zero-order valence-corrected chi connectivity index (χ0v) is 9.27. The molecule has 0 spiro atoms. The van der Waals surface area contributed by atoms with E-state index in [-0.39, 0.29) is 0 Å². The zero-order valence-electron chi connectivity index (χ0n) is 9.27. The molecule has 2 aromatic rings. The number of hydrogen-bond donors (Lipinski definition) is 1. The van der Waals surface area contributed by atoms with Crippen molar-refractivity contribution in [1.82, 2.24) is 9.78 Å².